The van der Waals surface area contributed by atoms with Gasteiger partial charge in [-0.25, -0.2) is 9.78 Å². The maximum atomic E-state index is 10.6. The highest BCUT2D eigenvalue weighted by molar-refractivity contribution is 7.11. The molecule has 90 valence electrons. The minimum absolute atomic E-state index is 0.150. The summed E-state index contributed by atoms with van der Waals surface area (Å²) in [4.78, 5) is 16.7. The van der Waals surface area contributed by atoms with Gasteiger partial charge in [0.2, 0.25) is 5.01 Å². The van der Waals surface area contributed by atoms with Crippen LogP contribution in [0.3, 0.4) is 0 Å². The zero-order chi connectivity index (χ0) is 12.1. The smallest absolute Gasteiger partial charge is 0.365 e. The highest BCUT2D eigenvalue weighted by Crippen LogP contribution is 2.09. The van der Waals surface area contributed by atoms with Crippen molar-refractivity contribution >= 4 is 17.3 Å². The largest absolute Gasteiger partial charge is 0.476 e. The maximum absolute atomic E-state index is 10.6. The average molecular weight is 243 g/mol. The Morgan fingerprint density at radius 3 is 2.88 bits per heavy atom. The summed E-state index contributed by atoms with van der Waals surface area (Å²) in [5.41, 5.74) is 0.785. The first kappa shape index (κ1) is 13.1. The quantitative estimate of drug-likeness (QED) is 0.776. The maximum Gasteiger partial charge on any atom is 0.365 e. The second kappa shape index (κ2) is 5.93. The van der Waals surface area contributed by atoms with Crippen LogP contribution in [-0.4, -0.2) is 47.6 Å². The van der Waals surface area contributed by atoms with E-state index >= 15 is 0 Å². The van der Waals surface area contributed by atoms with Crippen LogP contribution < -0.4 is 5.32 Å². The van der Waals surface area contributed by atoms with E-state index in [1.54, 1.807) is 5.38 Å². The van der Waals surface area contributed by atoms with Crippen LogP contribution in [-0.2, 0) is 6.54 Å². The Morgan fingerprint density at radius 2 is 2.38 bits per heavy atom. The van der Waals surface area contributed by atoms with Gasteiger partial charge in [0.15, 0.2) is 0 Å². The summed E-state index contributed by atoms with van der Waals surface area (Å²) in [7, 11) is 4.03. The molecule has 0 fully saturated rings. The number of carboxylic acids is 1. The molecule has 16 heavy (non-hydrogen) atoms. The number of aromatic carboxylic acids is 1. The van der Waals surface area contributed by atoms with Gasteiger partial charge in [0, 0.05) is 24.5 Å². The molecule has 1 unspecified atom stereocenters. The van der Waals surface area contributed by atoms with Crippen LogP contribution in [0.2, 0.25) is 0 Å². The lowest BCUT2D eigenvalue weighted by Gasteiger charge is -2.17. The molecule has 1 aromatic heterocycles. The third-order valence-corrected chi connectivity index (χ3v) is 2.88. The predicted molar refractivity (Wildman–Crippen MR) is 63.9 cm³/mol. The molecule has 0 saturated heterocycles. The fourth-order valence-corrected chi connectivity index (χ4v) is 2.03. The lowest BCUT2D eigenvalue weighted by atomic mass is 10.3. The molecular weight excluding hydrogens is 226 g/mol. The molecule has 1 aromatic rings. The van der Waals surface area contributed by atoms with Gasteiger partial charge >= 0.3 is 5.97 Å². The number of likely N-dealkylation sites (N-methyl/N-ethyl adjacent to an activating group) is 1. The highest BCUT2D eigenvalue weighted by atomic mass is 32.1. The lowest BCUT2D eigenvalue weighted by molar-refractivity contribution is 0.0696. The van der Waals surface area contributed by atoms with E-state index in [2.05, 4.69) is 22.1 Å². The summed E-state index contributed by atoms with van der Waals surface area (Å²) in [5.74, 6) is -0.961. The molecule has 0 saturated carbocycles. The van der Waals surface area contributed by atoms with Crippen molar-refractivity contribution in [1.29, 1.82) is 0 Å². The Labute approximate surface area is 99.1 Å². The first-order valence-electron chi connectivity index (χ1n) is 5.05. The first-order valence-corrected chi connectivity index (χ1v) is 5.93. The number of aromatic nitrogens is 1. The Balaban J connectivity index is 2.39. The van der Waals surface area contributed by atoms with Crippen molar-refractivity contribution < 1.29 is 9.90 Å². The third kappa shape index (κ3) is 4.26. The molecule has 0 radical (unpaired) electrons. The fraction of sp³-hybridized carbons (Fsp3) is 0.600. The summed E-state index contributed by atoms with van der Waals surface area (Å²) < 4.78 is 0. The van der Waals surface area contributed by atoms with E-state index in [-0.39, 0.29) is 5.01 Å². The Hall–Kier alpha value is -0.980. The average Bonchev–Trinajstić information content (AvgIpc) is 2.61. The molecule has 5 nitrogen and oxygen atoms in total. The number of nitrogens with one attached hydrogen (secondary N) is 1. The normalized spacial score (nSPS) is 13.0. The van der Waals surface area contributed by atoms with Gasteiger partial charge in [-0.15, -0.1) is 11.3 Å². The second-order valence-electron chi connectivity index (χ2n) is 3.99. The zero-order valence-corrected chi connectivity index (χ0v) is 10.5. The molecule has 0 amide bonds. The minimum atomic E-state index is -0.961. The van der Waals surface area contributed by atoms with Crippen molar-refractivity contribution in [3.8, 4) is 0 Å². The number of carbonyl (C=O) groups is 1. The van der Waals surface area contributed by atoms with Gasteiger partial charge in [-0.3, -0.25) is 0 Å². The van der Waals surface area contributed by atoms with Crippen LogP contribution in [0.25, 0.3) is 0 Å². The third-order valence-electron chi connectivity index (χ3n) is 2.01. The van der Waals surface area contributed by atoms with Gasteiger partial charge in [0.05, 0.1) is 5.69 Å². The van der Waals surface area contributed by atoms with E-state index in [4.69, 9.17) is 5.11 Å². The zero-order valence-electron chi connectivity index (χ0n) is 9.73. The number of nitrogens with zero attached hydrogens (tertiary/aromatic N) is 2. The minimum Gasteiger partial charge on any atom is -0.476 e. The summed E-state index contributed by atoms with van der Waals surface area (Å²) in [6.45, 7) is 3.64. The van der Waals surface area contributed by atoms with Crippen molar-refractivity contribution in [2.24, 2.45) is 0 Å². The Morgan fingerprint density at radius 1 is 1.69 bits per heavy atom. The summed E-state index contributed by atoms with van der Waals surface area (Å²) in [6.07, 6.45) is 0. The van der Waals surface area contributed by atoms with E-state index in [1.807, 2.05) is 14.1 Å². The molecule has 0 aliphatic carbocycles. The molecule has 6 heteroatoms. The van der Waals surface area contributed by atoms with Crippen LogP contribution in [0, 0.1) is 0 Å². The summed E-state index contributed by atoms with van der Waals surface area (Å²) in [5, 5.41) is 13.9. The predicted octanol–water partition coefficient (Wildman–Crippen LogP) is 0.881. The van der Waals surface area contributed by atoms with E-state index in [0.717, 1.165) is 23.6 Å². The molecule has 0 spiro atoms. The van der Waals surface area contributed by atoms with Gasteiger partial charge in [-0.2, -0.15) is 0 Å². The van der Waals surface area contributed by atoms with Crippen molar-refractivity contribution in [3.05, 3.63) is 16.1 Å². The standard InChI is InChI=1S/C10H17N3O2S/c1-7(5-13(2)3)11-4-8-6-16-9(12-8)10(14)15/h6-7,11H,4-5H2,1-3H3,(H,14,15). The number of thiazole rings is 1. The van der Waals surface area contributed by atoms with Crippen molar-refractivity contribution in [1.82, 2.24) is 15.2 Å². The molecule has 1 atom stereocenters. The van der Waals surface area contributed by atoms with E-state index in [9.17, 15) is 4.79 Å². The van der Waals surface area contributed by atoms with Crippen molar-refractivity contribution in [3.63, 3.8) is 0 Å². The van der Waals surface area contributed by atoms with E-state index in [1.165, 1.54) is 0 Å². The van der Waals surface area contributed by atoms with Crippen LogP contribution in [0.5, 0.6) is 0 Å². The number of carboxylic acid groups (broad SMARTS) is 1. The molecule has 0 aromatic carbocycles. The molecule has 1 rings (SSSR count). The van der Waals surface area contributed by atoms with Crippen LogP contribution in [0.4, 0.5) is 0 Å². The summed E-state index contributed by atoms with van der Waals surface area (Å²) in [6, 6.07) is 0.352. The topological polar surface area (TPSA) is 65.5 Å². The number of rotatable bonds is 6. The second-order valence-corrected chi connectivity index (χ2v) is 4.85. The van der Waals surface area contributed by atoms with Gasteiger partial charge in [0.1, 0.15) is 0 Å². The van der Waals surface area contributed by atoms with Gasteiger partial charge < -0.3 is 15.3 Å². The highest BCUT2D eigenvalue weighted by Gasteiger charge is 2.09. The van der Waals surface area contributed by atoms with Gasteiger partial charge in [-0.05, 0) is 21.0 Å². The number of hydrogen-bond donors (Lipinski definition) is 2. The lowest BCUT2D eigenvalue weighted by Crippen LogP contribution is -2.35. The van der Waals surface area contributed by atoms with E-state index in [0.29, 0.717) is 12.6 Å². The van der Waals surface area contributed by atoms with Crippen LogP contribution in [0.15, 0.2) is 5.38 Å². The Kier molecular flexibility index (Phi) is 4.85. The van der Waals surface area contributed by atoms with Gasteiger partial charge in [0.25, 0.3) is 0 Å². The molecule has 0 bridgehead atoms. The molecule has 0 aliphatic rings. The molecule has 0 aliphatic heterocycles. The molecular formula is C10H17N3O2S. The molecule has 1 heterocycles. The SMILES string of the molecule is CC(CN(C)C)NCc1csc(C(=O)O)n1. The van der Waals surface area contributed by atoms with Crippen LogP contribution >= 0.6 is 11.3 Å². The summed E-state index contributed by atoms with van der Waals surface area (Å²) >= 11 is 1.16. The van der Waals surface area contributed by atoms with Crippen LogP contribution in [0.1, 0.15) is 22.4 Å². The van der Waals surface area contributed by atoms with Crippen molar-refractivity contribution in [2.45, 2.75) is 19.5 Å². The monoisotopic (exact) mass is 243 g/mol. The van der Waals surface area contributed by atoms with Crippen molar-refractivity contribution in [2.75, 3.05) is 20.6 Å². The Bertz CT molecular complexity index is 352. The molecule has 2 N–H and O–H groups in total. The fourth-order valence-electron chi connectivity index (χ4n) is 1.38. The number of hydrogen-bond acceptors (Lipinski definition) is 5. The first-order chi connectivity index (χ1) is 7.49. The van der Waals surface area contributed by atoms with E-state index < -0.39 is 5.97 Å². The van der Waals surface area contributed by atoms with Gasteiger partial charge in [-0.1, -0.05) is 0 Å².